The number of rotatable bonds is 0. The van der Waals surface area contributed by atoms with E-state index in [1.165, 1.54) is 17.0 Å². The van der Waals surface area contributed by atoms with Crippen LogP contribution in [0.15, 0.2) is 24.3 Å². The molecule has 1 saturated heterocycles. The molecule has 1 fully saturated rings. The Labute approximate surface area is 105 Å². The molecular formula is C14H14FNO2. The highest BCUT2D eigenvalue weighted by atomic mass is 19.1. The second-order valence-corrected chi connectivity index (χ2v) is 4.34. The lowest BCUT2D eigenvalue weighted by molar-refractivity contribution is 0.128. The minimum Gasteiger partial charge on any atom is -0.465 e. The van der Waals surface area contributed by atoms with Crippen molar-refractivity contribution in [3.8, 4) is 11.8 Å². The van der Waals surface area contributed by atoms with Gasteiger partial charge in [0.15, 0.2) is 0 Å². The molecule has 3 nitrogen and oxygen atoms in total. The third kappa shape index (κ3) is 3.24. The molecule has 1 amide bonds. The standard InChI is InChI=1S/C14H14FNO2/c15-13-7-5-11(6-8-13)3-4-12-2-1-9-16(10-12)14(17)18/h5-8,12H,1-2,9-10H2,(H,17,18). The van der Waals surface area contributed by atoms with E-state index in [1.807, 2.05) is 0 Å². The number of likely N-dealkylation sites (tertiary alicyclic amines) is 1. The molecule has 1 heterocycles. The van der Waals surface area contributed by atoms with Crippen LogP contribution in [0.3, 0.4) is 0 Å². The van der Waals surface area contributed by atoms with E-state index in [0.717, 1.165) is 18.4 Å². The maximum Gasteiger partial charge on any atom is 0.407 e. The summed E-state index contributed by atoms with van der Waals surface area (Å²) in [4.78, 5) is 12.2. The van der Waals surface area contributed by atoms with E-state index < -0.39 is 6.09 Å². The van der Waals surface area contributed by atoms with Crippen molar-refractivity contribution in [2.45, 2.75) is 12.8 Å². The Balaban J connectivity index is 2.01. The molecule has 2 rings (SSSR count). The molecule has 0 spiro atoms. The first kappa shape index (κ1) is 12.4. The predicted octanol–water partition coefficient (Wildman–Crippen LogP) is 2.57. The summed E-state index contributed by atoms with van der Waals surface area (Å²) in [5.41, 5.74) is 0.754. The molecule has 1 aliphatic heterocycles. The zero-order chi connectivity index (χ0) is 13.0. The number of carbonyl (C=O) groups is 1. The number of nitrogens with zero attached hydrogens (tertiary/aromatic N) is 1. The largest absolute Gasteiger partial charge is 0.465 e. The van der Waals surface area contributed by atoms with E-state index >= 15 is 0 Å². The van der Waals surface area contributed by atoms with Crippen LogP contribution in [0, 0.1) is 23.6 Å². The minimum absolute atomic E-state index is 0.0694. The van der Waals surface area contributed by atoms with Gasteiger partial charge in [-0.3, -0.25) is 0 Å². The van der Waals surface area contributed by atoms with Gasteiger partial charge in [0, 0.05) is 24.6 Å². The van der Waals surface area contributed by atoms with Crippen molar-refractivity contribution in [1.82, 2.24) is 4.90 Å². The highest BCUT2D eigenvalue weighted by Gasteiger charge is 2.21. The van der Waals surface area contributed by atoms with E-state index in [4.69, 9.17) is 5.11 Å². The lowest BCUT2D eigenvalue weighted by atomic mass is 9.98. The van der Waals surface area contributed by atoms with Crippen LogP contribution in [0.25, 0.3) is 0 Å². The van der Waals surface area contributed by atoms with Crippen LogP contribution < -0.4 is 0 Å². The van der Waals surface area contributed by atoms with Gasteiger partial charge in [0.1, 0.15) is 5.82 Å². The second kappa shape index (κ2) is 5.54. The van der Waals surface area contributed by atoms with Crippen molar-refractivity contribution >= 4 is 6.09 Å². The van der Waals surface area contributed by atoms with Crippen LogP contribution in [0.5, 0.6) is 0 Å². The van der Waals surface area contributed by atoms with Gasteiger partial charge in [0.05, 0.1) is 0 Å². The van der Waals surface area contributed by atoms with Crippen molar-refractivity contribution in [1.29, 1.82) is 0 Å². The first-order chi connectivity index (χ1) is 8.65. The summed E-state index contributed by atoms with van der Waals surface area (Å²) < 4.78 is 12.7. The molecule has 0 radical (unpaired) electrons. The van der Waals surface area contributed by atoms with Crippen LogP contribution in [-0.4, -0.2) is 29.2 Å². The summed E-state index contributed by atoms with van der Waals surface area (Å²) in [6.07, 6.45) is 0.871. The Kier molecular flexibility index (Phi) is 3.83. The first-order valence-electron chi connectivity index (χ1n) is 5.90. The van der Waals surface area contributed by atoms with Crippen molar-refractivity contribution in [3.05, 3.63) is 35.6 Å². The first-order valence-corrected chi connectivity index (χ1v) is 5.90. The molecule has 1 aromatic carbocycles. The Morgan fingerprint density at radius 2 is 2.11 bits per heavy atom. The third-order valence-corrected chi connectivity index (χ3v) is 2.96. The number of hydrogen-bond donors (Lipinski definition) is 1. The number of carboxylic acid groups (broad SMARTS) is 1. The molecule has 1 unspecified atom stereocenters. The number of piperidine rings is 1. The Morgan fingerprint density at radius 1 is 1.39 bits per heavy atom. The summed E-state index contributed by atoms with van der Waals surface area (Å²) in [6.45, 7) is 1.05. The average Bonchev–Trinajstić information content (AvgIpc) is 2.38. The van der Waals surface area contributed by atoms with Crippen LogP contribution >= 0.6 is 0 Å². The van der Waals surface area contributed by atoms with Crippen LogP contribution in [0.4, 0.5) is 9.18 Å². The molecule has 4 heteroatoms. The summed E-state index contributed by atoms with van der Waals surface area (Å²) in [6, 6.07) is 5.99. The molecule has 1 aliphatic rings. The molecule has 0 saturated carbocycles. The quantitative estimate of drug-likeness (QED) is 0.716. The highest BCUT2D eigenvalue weighted by molar-refractivity contribution is 5.65. The van der Waals surface area contributed by atoms with E-state index in [-0.39, 0.29) is 11.7 Å². The summed E-state index contributed by atoms with van der Waals surface area (Å²) >= 11 is 0. The van der Waals surface area contributed by atoms with Crippen molar-refractivity contribution < 1.29 is 14.3 Å². The van der Waals surface area contributed by atoms with Crippen molar-refractivity contribution in [2.24, 2.45) is 5.92 Å². The van der Waals surface area contributed by atoms with E-state index in [9.17, 15) is 9.18 Å². The molecule has 1 N–H and O–H groups in total. The number of halogens is 1. The summed E-state index contributed by atoms with van der Waals surface area (Å²) in [5, 5.41) is 8.91. The monoisotopic (exact) mass is 247 g/mol. The maximum atomic E-state index is 12.7. The van der Waals surface area contributed by atoms with Gasteiger partial charge in [-0.2, -0.15) is 0 Å². The van der Waals surface area contributed by atoms with Gasteiger partial charge in [-0.15, -0.1) is 0 Å². The molecule has 18 heavy (non-hydrogen) atoms. The van der Waals surface area contributed by atoms with Gasteiger partial charge in [0.2, 0.25) is 0 Å². The van der Waals surface area contributed by atoms with Gasteiger partial charge in [-0.05, 0) is 37.1 Å². The summed E-state index contributed by atoms with van der Waals surface area (Å²) in [7, 11) is 0. The van der Waals surface area contributed by atoms with Crippen molar-refractivity contribution in [3.63, 3.8) is 0 Å². The normalized spacial score (nSPS) is 18.9. The maximum absolute atomic E-state index is 12.7. The molecule has 1 atom stereocenters. The zero-order valence-electron chi connectivity index (χ0n) is 9.90. The van der Waals surface area contributed by atoms with Gasteiger partial charge in [-0.1, -0.05) is 11.8 Å². The second-order valence-electron chi connectivity index (χ2n) is 4.34. The fourth-order valence-corrected chi connectivity index (χ4v) is 1.99. The lowest BCUT2D eigenvalue weighted by Crippen LogP contribution is -2.38. The van der Waals surface area contributed by atoms with Crippen LogP contribution in [0.2, 0.25) is 0 Å². The molecule has 1 aromatic rings. The third-order valence-electron chi connectivity index (χ3n) is 2.96. The Morgan fingerprint density at radius 3 is 2.78 bits per heavy atom. The fraction of sp³-hybridized carbons (Fsp3) is 0.357. The molecule has 94 valence electrons. The molecular weight excluding hydrogens is 233 g/mol. The molecule has 0 aliphatic carbocycles. The van der Waals surface area contributed by atoms with Gasteiger partial charge >= 0.3 is 6.09 Å². The smallest absolute Gasteiger partial charge is 0.407 e. The van der Waals surface area contributed by atoms with Gasteiger partial charge in [-0.25, -0.2) is 9.18 Å². The van der Waals surface area contributed by atoms with E-state index in [1.54, 1.807) is 12.1 Å². The van der Waals surface area contributed by atoms with Gasteiger partial charge in [0.25, 0.3) is 0 Å². The number of hydrogen-bond acceptors (Lipinski definition) is 1. The highest BCUT2D eigenvalue weighted by Crippen LogP contribution is 2.15. The fourth-order valence-electron chi connectivity index (χ4n) is 1.99. The van der Waals surface area contributed by atoms with E-state index in [0.29, 0.717) is 13.1 Å². The predicted molar refractivity (Wildman–Crippen MR) is 65.6 cm³/mol. The molecule has 0 aromatic heterocycles. The van der Waals surface area contributed by atoms with E-state index in [2.05, 4.69) is 11.8 Å². The number of amides is 1. The average molecular weight is 247 g/mol. The topological polar surface area (TPSA) is 40.5 Å². The number of benzene rings is 1. The zero-order valence-corrected chi connectivity index (χ0v) is 9.90. The molecule has 0 bridgehead atoms. The SMILES string of the molecule is O=C(O)N1CCCC(C#Cc2ccc(F)cc2)C1. The van der Waals surface area contributed by atoms with Crippen LogP contribution in [0.1, 0.15) is 18.4 Å². The Bertz CT molecular complexity index is 487. The Hall–Kier alpha value is -2.02. The van der Waals surface area contributed by atoms with Gasteiger partial charge < -0.3 is 10.0 Å². The minimum atomic E-state index is -0.886. The van der Waals surface area contributed by atoms with Crippen molar-refractivity contribution in [2.75, 3.05) is 13.1 Å². The van der Waals surface area contributed by atoms with Crippen LogP contribution in [-0.2, 0) is 0 Å². The lowest BCUT2D eigenvalue weighted by Gasteiger charge is -2.27. The summed E-state index contributed by atoms with van der Waals surface area (Å²) in [5.74, 6) is 5.82.